The highest BCUT2D eigenvalue weighted by Gasteiger charge is 2.54. The Labute approximate surface area is 345 Å². The van der Waals surface area contributed by atoms with Gasteiger partial charge in [-0.2, -0.15) is 0 Å². The van der Waals surface area contributed by atoms with Crippen LogP contribution in [0.1, 0.15) is 147 Å². The summed E-state index contributed by atoms with van der Waals surface area (Å²) in [6, 6.07) is 7.14. The Bertz CT molecular complexity index is 1850. The van der Waals surface area contributed by atoms with Crippen LogP contribution in [-0.2, 0) is 19.1 Å². The van der Waals surface area contributed by atoms with E-state index in [9.17, 15) is 19.8 Å². The topological polar surface area (TPSA) is 118 Å². The molecule has 2 aromatic carbocycles. The number of hydrogen-bond acceptors (Lipinski definition) is 8. The van der Waals surface area contributed by atoms with Crippen LogP contribution >= 0.6 is 0 Å². The minimum Gasteiger partial charge on any atom is -0.512 e. The lowest BCUT2D eigenvalue weighted by Crippen LogP contribution is -2.53. The molecule has 8 aliphatic carbocycles. The average molecular weight is 789 g/mol. The van der Waals surface area contributed by atoms with Crippen LogP contribution in [0.2, 0.25) is 0 Å². The number of rotatable bonds is 11. The Kier molecular flexibility index (Phi) is 10.8. The molecule has 0 aromatic heterocycles. The van der Waals surface area contributed by atoms with Gasteiger partial charge in [0.05, 0.1) is 0 Å². The van der Waals surface area contributed by atoms with Crippen LogP contribution in [0.3, 0.4) is 0 Å². The van der Waals surface area contributed by atoms with Gasteiger partial charge in [-0.25, -0.2) is 9.59 Å². The highest BCUT2D eigenvalue weighted by atomic mass is 16.6. The van der Waals surface area contributed by atoms with Gasteiger partial charge in [-0.3, -0.25) is 9.98 Å². The quantitative estimate of drug-likeness (QED) is 0.101. The molecule has 0 spiro atoms. The third-order valence-corrected chi connectivity index (χ3v) is 14.9. The van der Waals surface area contributed by atoms with E-state index >= 15 is 0 Å². The Hall–Kier alpha value is -4.20. The Morgan fingerprint density at radius 2 is 0.810 bits per heavy atom. The van der Waals surface area contributed by atoms with Crippen molar-refractivity contribution in [3.63, 3.8) is 0 Å². The number of esters is 2. The highest BCUT2D eigenvalue weighted by molar-refractivity contribution is 6.10. The first-order chi connectivity index (χ1) is 27.5. The van der Waals surface area contributed by atoms with Gasteiger partial charge < -0.3 is 19.7 Å². The molecule has 2 aromatic rings. The lowest BCUT2D eigenvalue weighted by Gasteiger charge is -2.55. The van der Waals surface area contributed by atoms with Crippen molar-refractivity contribution in [3.8, 4) is 0 Å². The number of nitrogens with zero attached hydrogens (tertiary/aromatic N) is 2. The van der Waals surface area contributed by atoms with Gasteiger partial charge in [0.2, 0.25) is 0 Å². The maximum absolute atomic E-state index is 14.2. The first kappa shape index (κ1) is 40.6. The molecule has 8 aliphatic rings. The van der Waals surface area contributed by atoms with Crippen LogP contribution in [0, 0.1) is 77.0 Å². The molecule has 310 valence electrons. The van der Waals surface area contributed by atoms with Crippen molar-refractivity contribution in [1.29, 1.82) is 0 Å². The first-order valence-corrected chi connectivity index (χ1v) is 22.0. The van der Waals surface area contributed by atoms with Crippen LogP contribution < -0.4 is 0 Å². The summed E-state index contributed by atoms with van der Waals surface area (Å²) in [6.07, 6.45) is 15.6. The third kappa shape index (κ3) is 7.93. The van der Waals surface area contributed by atoms with E-state index in [1.54, 1.807) is 0 Å². The van der Waals surface area contributed by atoms with Crippen molar-refractivity contribution < 1.29 is 29.3 Å². The number of carbonyl (C=O) groups excluding carboxylic acids is 2. The maximum atomic E-state index is 14.2. The second kappa shape index (κ2) is 15.4. The van der Waals surface area contributed by atoms with Gasteiger partial charge in [-0.15, -0.1) is 0 Å². The summed E-state index contributed by atoms with van der Waals surface area (Å²) >= 11 is 0. The molecule has 0 aliphatic heterocycles. The summed E-state index contributed by atoms with van der Waals surface area (Å²) in [5, 5.41) is 22.2. The summed E-state index contributed by atoms with van der Waals surface area (Å²) in [4.78, 5) is 38.8. The van der Waals surface area contributed by atoms with Crippen molar-refractivity contribution in [2.75, 3.05) is 0 Å². The van der Waals surface area contributed by atoms with E-state index in [2.05, 4.69) is 65.8 Å². The molecule has 8 nitrogen and oxygen atoms in total. The molecule has 0 radical (unpaired) electrons. The largest absolute Gasteiger partial charge is 0.512 e. The second-order valence-corrected chi connectivity index (χ2v) is 20.0. The van der Waals surface area contributed by atoms with E-state index in [4.69, 9.17) is 19.5 Å². The fraction of sp³-hybridized carbons (Fsp3) is 0.600. The standard InChI is InChI=1S/C50H64N2O6/c1-27-9-29(3)43(30(4)10-27)45(51-25-41(33(7)53)47(55)57-49-19-35-13-36(20-49)15-37(14-35)21-49)46(44-31(5)11-28(2)12-32(44)6)52-26-42(34(8)54)48(56)58-50-22-38-16-39(23-50)18-40(17-38)24-50/h9-12,25-26,35-40,45-46,53-54H,13-24H2,1-8H3/b41-33+,42-34+,51-25?,52-26?/t35?,36?,37?,38?,39?,40?,45-,46-,49?,50?/m0/s1. The van der Waals surface area contributed by atoms with Crippen molar-refractivity contribution >= 4 is 24.4 Å². The molecule has 0 amide bonds. The average Bonchev–Trinajstić information content (AvgIpc) is 3.07. The summed E-state index contributed by atoms with van der Waals surface area (Å²) in [7, 11) is 0. The SMILES string of the molecule is C/C(O)=C(/C=N[C@@H](c1c(C)cc(C)cc1C)[C@@H](N=C/C(C(=O)OC12CC3CC(CC(C3)C1)C2)=C(/C)O)c1c(C)cc(C)cc1C)C(=O)OC12CC3CC(CC(C3)C1)C2. The first-order valence-electron chi connectivity index (χ1n) is 22.0. The molecule has 0 unspecified atom stereocenters. The van der Waals surface area contributed by atoms with Crippen LogP contribution in [0.25, 0.3) is 0 Å². The fourth-order valence-corrected chi connectivity index (χ4v) is 13.7. The Morgan fingerprint density at radius 3 is 1.05 bits per heavy atom. The van der Waals surface area contributed by atoms with Crippen molar-refractivity contribution in [2.24, 2.45) is 45.5 Å². The lowest BCUT2D eigenvalue weighted by molar-refractivity contribution is -0.182. The smallest absolute Gasteiger partial charge is 0.343 e. The number of carbonyl (C=O) groups is 2. The predicted octanol–water partition coefficient (Wildman–Crippen LogP) is 11.1. The molecule has 0 saturated heterocycles. The number of ether oxygens (including phenoxy) is 2. The molecule has 0 heterocycles. The summed E-state index contributed by atoms with van der Waals surface area (Å²) in [6.45, 7) is 15.4. The molecule has 2 atom stereocenters. The van der Waals surface area contributed by atoms with E-state index in [-0.39, 0.29) is 22.7 Å². The number of aryl methyl sites for hydroxylation is 6. The zero-order valence-electron chi connectivity index (χ0n) is 36.0. The van der Waals surface area contributed by atoms with Gasteiger partial charge in [0.15, 0.2) is 0 Å². The van der Waals surface area contributed by atoms with Crippen LogP contribution in [0.15, 0.2) is 56.9 Å². The van der Waals surface area contributed by atoms with Crippen LogP contribution in [0.4, 0.5) is 0 Å². The van der Waals surface area contributed by atoms with Gasteiger partial charge in [0, 0.05) is 12.4 Å². The molecule has 8 saturated carbocycles. The normalized spacial score (nSPS) is 32.7. The molecule has 8 fully saturated rings. The van der Waals surface area contributed by atoms with Crippen molar-refractivity contribution in [1.82, 2.24) is 0 Å². The number of allylic oxidation sites excluding steroid dienone is 2. The van der Waals surface area contributed by atoms with Crippen molar-refractivity contribution in [2.45, 2.75) is 156 Å². The lowest BCUT2D eigenvalue weighted by atomic mass is 9.54. The number of benzene rings is 2. The summed E-state index contributed by atoms with van der Waals surface area (Å²) in [5.74, 6) is 2.19. The van der Waals surface area contributed by atoms with E-state index in [0.29, 0.717) is 35.5 Å². The van der Waals surface area contributed by atoms with E-state index in [1.165, 1.54) is 64.8 Å². The zero-order chi connectivity index (χ0) is 41.3. The maximum Gasteiger partial charge on any atom is 0.343 e. The molecule has 58 heavy (non-hydrogen) atoms. The number of hydrogen-bond donors (Lipinski definition) is 2. The molecular weight excluding hydrogens is 725 g/mol. The van der Waals surface area contributed by atoms with Gasteiger partial charge in [0.1, 0.15) is 46.0 Å². The summed E-state index contributed by atoms with van der Waals surface area (Å²) in [5.41, 5.74) is 7.27. The minimum absolute atomic E-state index is 0.0363. The highest BCUT2D eigenvalue weighted by Crippen LogP contribution is 2.58. The number of aliphatic imine (C=N–C) groups is 2. The van der Waals surface area contributed by atoms with Gasteiger partial charge in [-0.1, -0.05) is 35.4 Å². The minimum atomic E-state index is -0.682. The Morgan fingerprint density at radius 1 is 0.552 bits per heavy atom. The Balaban J connectivity index is 1.18. The van der Waals surface area contributed by atoms with Gasteiger partial charge in [-0.05, 0) is 201 Å². The zero-order valence-corrected chi connectivity index (χ0v) is 36.0. The molecule has 10 rings (SSSR count). The molecular formula is C50H64N2O6. The monoisotopic (exact) mass is 788 g/mol. The van der Waals surface area contributed by atoms with E-state index in [0.717, 1.165) is 83.0 Å². The van der Waals surface area contributed by atoms with Gasteiger partial charge >= 0.3 is 11.9 Å². The molecule has 8 heteroatoms. The van der Waals surface area contributed by atoms with Crippen LogP contribution in [0.5, 0.6) is 0 Å². The van der Waals surface area contributed by atoms with E-state index < -0.39 is 35.2 Å². The van der Waals surface area contributed by atoms with Gasteiger partial charge in [0.25, 0.3) is 0 Å². The van der Waals surface area contributed by atoms with E-state index in [1.807, 2.05) is 0 Å². The second-order valence-electron chi connectivity index (χ2n) is 20.0. The summed E-state index contributed by atoms with van der Waals surface area (Å²) < 4.78 is 12.9. The third-order valence-electron chi connectivity index (χ3n) is 14.9. The molecule has 8 bridgehead atoms. The fourth-order valence-electron chi connectivity index (χ4n) is 13.7. The molecule has 2 N–H and O–H groups in total. The number of aliphatic hydroxyl groups excluding tert-OH is 2. The predicted molar refractivity (Wildman–Crippen MR) is 228 cm³/mol. The van der Waals surface area contributed by atoms with Crippen LogP contribution in [-0.4, -0.2) is 45.8 Å². The number of aliphatic hydroxyl groups is 2. The van der Waals surface area contributed by atoms with Crippen molar-refractivity contribution in [3.05, 3.63) is 91.4 Å².